The molecule has 1 heterocycles. The van der Waals surface area contributed by atoms with Gasteiger partial charge in [0.05, 0.1) is 0 Å². The molecule has 23 heavy (non-hydrogen) atoms. The van der Waals surface area contributed by atoms with E-state index in [-0.39, 0.29) is 4.90 Å². The summed E-state index contributed by atoms with van der Waals surface area (Å²) in [4.78, 5) is 2.17. The molecule has 2 aromatic carbocycles. The van der Waals surface area contributed by atoms with Crippen LogP contribution in [-0.2, 0) is 13.8 Å². The van der Waals surface area contributed by atoms with E-state index in [1.165, 1.54) is 6.07 Å². The number of rotatable bonds is 4. The van der Waals surface area contributed by atoms with Gasteiger partial charge in [0.1, 0.15) is 0 Å². The van der Waals surface area contributed by atoms with E-state index in [0.29, 0.717) is 22.4 Å². The minimum atomic E-state index is -3.70. The van der Waals surface area contributed by atoms with Crippen molar-refractivity contribution in [3.05, 3.63) is 42.5 Å². The molecule has 1 aliphatic heterocycles. The molecule has 0 radical (unpaired) electrons. The fraction of sp³-hybridized carbons (Fsp3) is 0.200. The number of nitrogens with one attached hydrogen (secondary N) is 1. The molecule has 0 bridgehead atoms. The SMILES string of the molecule is CN1CCOc2cc(S(=O)(=O)Nc3ccc([As]=O)cc3)ccc21. The second-order valence-electron chi connectivity index (χ2n) is 5.14. The third-order valence-corrected chi connectivity index (χ3v) is 6.01. The van der Waals surface area contributed by atoms with Gasteiger partial charge in [-0.2, -0.15) is 0 Å². The number of likely N-dealkylation sites (N-methyl/N-ethyl adjacent to an activating group) is 1. The van der Waals surface area contributed by atoms with Crippen molar-refractivity contribution < 1.29 is 16.9 Å². The summed E-state index contributed by atoms with van der Waals surface area (Å²) in [5.74, 6) is 0.562. The molecule has 0 unspecified atom stereocenters. The fourth-order valence-electron chi connectivity index (χ4n) is 2.31. The molecule has 0 saturated carbocycles. The van der Waals surface area contributed by atoms with Crippen molar-refractivity contribution in [3.63, 3.8) is 0 Å². The van der Waals surface area contributed by atoms with Crippen molar-refractivity contribution in [2.45, 2.75) is 4.90 Å². The van der Waals surface area contributed by atoms with E-state index < -0.39 is 25.7 Å². The van der Waals surface area contributed by atoms with Crippen LogP contribution in [-0.4, -0.2) is 44.3 Å². The van der Waals surface area contributed by atoms with E-state index in [0.717, 1.165) is 12.2 Å². The Labute approximate surface area is 141 Å². The summed E-state index contributed by atoms with van der Waals surface area (Å²) < 4.78 is 44.6. The zero-order valence-electron chi connectivity index (χ0n) is 12.4. The van der Waals surface area contributed by atoms with Crippen LogP contribution in [0.3, 0.4) is 0 Å². The Hall–Kier alpha value is -1.85. The number of hydrogen-bond donors (Lipinski definition) is 1. The topological polar surface area (TPSA) is 75.7 Å². The van der Waals surface area contributed by atoms with Crippen LogP contribution in [0.2, 0.25) is 0 Å². The van der Waals surface area contributed by atoms with Gasteiger partial charge in [0.2, 0.25) is 0 Å². The van der Waals surface area contributed by atoms with E-state index in [1.54, 1.807) is 36.4 Å². The molecule has 3 rings (SSSR count). The standard InChI is InChI=1S/C15H15AsN2O4S/c1-18-8-9-22-15-10-13(6-7-14(15)18)23(20,21)17-12-4-2-11(16-19)3-5-12/h2-7,10,17H,8-9H2,1H3. The van der Waals surface area contributed by atoms with Crippen LogP contribution in [0, 0.1) is 0 Å². The zero-order chi connectivity index (χ0) is 16.4. The molecule has 1 aliphatic rings. The van der Waals surface area contributed by atoms with Crippen molar-refractivity contribution in [2.24, 2.45) is 0 Å². The first-order valence-electron chi connectivity index (χ1n) is 6.94. The van der Waals surface area contributed by atoms with Gasteiger partial charge in [-0.3, -0.25) is 0 Å². The van der Waals surface area contributed by atoms with Crippen LogP contribution in [0.4, 0.5) is 11.4 Å². The molecule has 0 fully saturated rings. The zero-order valence-corrected chi connectivity index (χ0v) is 15.1. The number of benzene rings is 2. The summed E-state index contributed by atoms with van der Waals surface area (Å²) in [6.07, 6.45) is 0. The Morgan fingerprint density at radius 3 is 2.61 bits per heavy atom. The number of nitrogens with zero attached hydrogens (tertiary/aromatic N) is 1. The van der Waals surface area contributed by atoms with Crippen molar-refractivity contribution in [1.82, 2.24) is 0 Å². The first-order chi connectivity index (χ1) is 11.0. The molecule has 120 valence electrons. The molecule has 0 aliphatic carbocycles. The first-order valence-corrected chi connectivity index (χ1v) is 10.1. The average molecular weight is 394 g/mol. The fourth-order valence-corrected chi connectivity index (χ4v) is 3.95. The second kappa shape index (κ2) is 6.34. The summed E-state index contributed by atoms with van der Waals surface area (Å²) >= 11 is -1.11. The normalized spacial score (nSPS) is 14.2. The summed E-state index contributed by atoms with van der Waals surface area (Å²) in [5.41, 5.74) is 1.30. The van der Waals surface area contributed by atoms with Gasteiger partial charge in [-0.25, -0.2) is 0 Å². The van der Waals surface area contributed by atoms with E-state index in [4.69, 9.17) is 4.74 Å². The molecule has 6 nitrogen and oxygen atoms in total. The quantitative estimate of drug-likeness (QED) is 0.783. The van der Waals surface area contributed by atoms with Crippen LogP contribution in [0.1, 0.15) is 0 Å². The van der Waals surface area contributed by atoms with Gasteiger partial charge >= 0.3 is 141 Å². The Morgan fingerprint density at radius 2 is 1.91 bits per heavy atom. The molecule has 2 aromatic rings. The van der Waals surface area contributed by atoms with Crippen LogP contribution in [0.5, 0.6) is 5.75 Å². The monoisotopic (exact) mass is 394 g/mol. The molecule has 8 heteroatoms. The van der Waals surface area contributed by atoms with Crippen molar-refractivity contribution in [1.29, 1.82) is 0 Å². The molecule has 0 spiro atoms. The van der Waals surface area contributed by atoms with Crippen LogP contribution < -0.4 is 18.7 Å². The van der Waals surface area contributed by atoms with Gasteiger partial charge in [-0.15, -0.1) is 0 Å². The Bertz CT molecular complexity index is 837. The van der Waals surface area contributed by atoms with Crippen molar-refractivity contribution in [2.75, 3.05) is 29.8 Å². The van der Waals surface area contributed by atoms with Gasteiger partial charge in [0.25, 0.3) is 0 Å². The molecule has 1 N–H and O–H groups in total. The molecule has 0 saturated heterocycles. The van der Waals surface area contributed by atoms with E-state index in [1.807, 2.05) is 11.9 Å². The number of sulfonamides is 1. The van der Waals surface area contributed by atoms with E-state index >= 15 is 0 Å². The summed E-state index contributed by atoms with van der Waals surface area (Å²) in [6, 6.07) is 11.3. The Morgan fingerprint density at radius 1 is 1.17 bits per heavy atom. The van der Waals surface area contributed by atoms with Crippen molar-refractivity contribution >= 4 is 41.4 Å². The number of fused-ring (bicyclic) bond motifs is 1. The maximum atomic E-state index is 12.5. The van der Waals surface area contributed by atoms with Crippen LogP contribution >= 0.6 is 0 Å². The van der Waals surface area contributed by atoms with Gasteiger partial charge in [0.15, 0.2) is 0 Å². The summed E-state index contributed by atoms with van der Waals surface area (Å²) in [5, 5.41) is 0. The Balaban J connectivity index is 1.88. The maximum absolute atomic E-state index is 12.5. The third-order valence-electron chi connectivity index (χ3n) is 3.56. The number of hydrogen-bond acceptors (Lipinski definition) is 5. The molecular weight excluding hydrogens is 379 g/mol. The molecule has 0 atom stereocenters. The average Bonchev–Trinajstić information content (AvgIpc) is 2.55. The van der Waals surface area contributed by atoms with Gasteiger partial charge in [0, 0.05) is 0 Å². The van der Waals surface area contributed by atoms with Gasteiger partial charge in [-0.1, -0.05) is 0 Å². The van der Waals surface area contributed by atoms with Crippen LogP contribution in [0.25, 0.3) is 0 Å². The summed E-state index contributed by atoms with van der Waals surface area (Å²) in [7, 11) is -1.76. The molecular formula is C15H15AsN2O4S. The van der Waals surface area contributed by atoms with Gasteiger partial charge < -0.3 is 0 Å². The second-order valence-corrected chi connectivity index (χ2v) is 8.29. The van der Waals surface area contributed by atoms with E-state index in [2.05, 4.69) is 4.72 Å². The van der Waals surface area contributed by atoms with Crippen molar-refractivity contribution in [3.8, 4) is 5.75 Å². The van der Waals surface area contributed by atoms with E-state index in [9.17, 15) is 12.2 Å². The first kappa shape index (κ1) is 16.0. The molecule has 0 aromatic heterocycles. The minimum absolute atomic E-state index is 0.144. The van der Waals surface area contributed by atoms with Gasteiger partial charge in [-0.05, 0) is 0 Å². The Kier molecular flexibility index (Phi) is 4.41. The predicted molar refractivity (Wildman–Crippen MR) is 88.5 cm³/mol. The van der Waals surface area contributed by atoms with Crippen LogP contribution in [0.15, 0.2) is 47.4 Å². The summed E-state index contributed by atoms with van der Waals surface area (Å²) in [6.45, 7) is 1.30. The number of anilines is 2. The molecule has 0 amide bonds. The predicted octanol–water partition coefficient (Wildman–Crippen LogP) is 0.991. The number of ether oxygens (including phenoxy) is 1. The third kappa shape index (κ3) is 3.40.